The Hall–Kier alpha value is -1.30. The van der Waals surface area contributed by atoms with Gasteiger partial charge in [0.2, 0.25) is 0 Å². The first-order valence-corrected chi connectivity index (χ1v) is 6.13. The molecule has 0 amide bonds. The van der Waals surface area contributed by atoms with E-state index in [2.05, 4.69) is 51.1 Å². The Morgan fingerprint density at radius 3 is 2.62 bits per heavy atom. The van der Waals surface area contributed by atoms with Gasteiger partial charge in [0.15, 0.2) is 0 Å². The first-order chi connectivity index (χ1) is 7.60. The molecule has 1 aromatic rings. The van der Waals surface area contributed by atoms with E-state index in [9.17, 15) is 0 Å². The van der Waals surface area contributed by atoms with Gasteiger partial charge < -0.3 is 0 Å². The molecular weight excluding hydrogens is 192 g/mol. The molecule has 1 aromatic carbocycles. The van der Waals surface area contributed by atoms with Gasteiger partial charge in [-0.25, -0.2) is 0 Å². The summed E-state index contributed by atoms with van der Waals surface area (Å²) in [4.78, 5) is 0. The summed E-state index contributed by atoms with van der Waals surface area (Å²) in [5.41, 5.74) is 7.57. The monoisotopic (exact) mass is 210 g/mol. The van der Waals surface area contributed by atoms with Crippen molar-refractivity contribution in [3.63, 3.8) is 0 Å². The van der Waals surface area contributed by atoms with Gasteiger partial charge in [0.25, 0.3) is 0 Å². The van der Waals surface area contributed by atoms with Gasteiger partial charge in [0.05, 0.1) is 0 Å². The molecule has 0 heterocycles. The molecule has 0 N–H and O–H groups in total. The summed E-state index contributed by atoms with van der Waals surface area (Å²) in [5, 5.41) is 0. The molecule has 0 nitrogen and oxygen atoms in total. The van der Waals surface area contributed by atoms with Crippen molar-refractivity contribution in [1.29, 1.82) is 0 Å². The smallest absolute Gasteiger partial charge is 0.0155 e. The van der Waals surface area contributed by atoms with Gasteiger partial charge in [-0.05, 0) is 42.0 Å². The van der Waals surface area contributed by atoms with Gasteiger partial charge in [-0.3, -0.25) is 0 Å². The van der Waals surface area contributed by atoms with Crippen molar-refractivity contribution >= 4 is 5.57 Å². The normalized spacial score (nSPS) is 20.9. The fraction of sp³-hybridized carbons (Fsp3) is 0.375. The minimum Gasteiger partial charge on any atom is -0.0795 e. The lowest BCUT2D eigenvalue weighted by Gasteiger charge is -2.23. The van der Waals surface area contributed by atoms with Gasteiger partial charge in [0.1, 0.15) is 0 Å². The van der Waals surface area contributed by atoms with Crippen molar-refractivity contribution in [2.75, 3.05) is 0 Å². The first kappa shape index (κ1) is 9.89. The van der Waals surface area contributed by atoms with Crippen LogP contribution >= 0.6 is 0 Å². The van der Waals surface area contributed by atoms with E-state index in [-0.39, 0.29) is 5.41 Å². The number of allylic oxidation sites excluding steroid dienone is 4. The Kier molecular flexibility index (Phi) is 1.92. The maximum Gasteiger partial charge on any atom is 0.0155 e. The summed E-state index contributed by atoms with van der Waals surface area (Å²) in [5.74, 6) is 0. The highest BCUT2D eigenvalue weighted by atomic mass is 14.4. The van der Waals surface area contributed by atoms with Crippen LogP contribution in [-0.4, -0.2) is 0 Å². The molecule has 0 heteroatoms. The van der Waals surface area contributed by atoms with Crippen molar-refractivity contribution in [3.8, 4) is 0 Å². The Bertz CT molecular complexity index is 513. The van der Waals surface area contributed by atoms with E-state index in [1.807, 2.05) is 0 Å². The number of hydrogen-bond acceptors (Lipinski definition) is 0. The van der Waals surface area contributed by atoms with Crippen LogP contribution < -0.4 is 0 Å². The van der Waals surface area contributed by atoms with Gasteiger partial charge in [-0.1, -0.05) is 49.8 Å². The first-order valence-electron chi connectivity index (χ1n) is 6.13. The quantitative estimate of drug-likeness (QED) is 0.595. The third-order valence-electron chi connectivity index (χ3n) is 3.97. The Morgan fingerprint density at radius 1 is 1.06 bits per heavy atom. The van der Waals surface area contributed by atoms with E-state index in [0.29, 0.717) is 0 Å². The largest absolute Gasteiger partial charge is 0.0795 e. The van der Waals surface area contributed by atoms with Crippen LogP contribution in [0, 0.1) is 6.92 Å². The molecule has 2 aliphatic carbocycles. The maximum atomic E-state index is 2.44. The molecule has 0 radical (unpaired) electrons. The Morgan fingerprint density at radius 2 is 1.81 bits per heavy atom. The summed E-state index contributed by atoms with van der Waals surface area (Å²) in [7, 11) is 0. The van der Waals surface area contributed by atoms with E-state index in [0.717, 1.165) is 0 Å². The third kappa shape index (κ3) is 1.16. The number of rotatable bonds is 0. The van der Waals surface area contributed by atoms with Crippen LogP contribution in [0.4, 0.5) is 0 Å². The minimum atomic E-state index is 0.204. The molecule has 16 heavy (non-hydrogen) atoms. The average molecular weight is 210 g/mol. The number of aryl methyl sites for hydroxylation is 1. The fourth-order valence-electron chi connectivity index (χ4n) is 3.09. The molecule has 0 saturated carbocycles. The number of hydrogen-bond donors (Lipinski definition) is 0. The molecule has 0 atom stereocenters. The average Bonchev–Trinajstić information content (AvgIpc) is 2.49. The van der Waals surface area contributed by atoms with Gasteiger partial charge in [0, 0.05) is 5.41 Å². The van der Waals surface area contributed by atoms with Gasteiger partial charge in [-0.2, -0.15) is 0 Å². The van der Waals surface area contributed by atoms with E-state index >= 15 is 0 Å². The highest BCUT2D eigenvalue weighted by molar-refractivity contribution is 5.90. The Labute approximate surface area is 97.7 Å². The summed E-state index contributed by atoms with van der Waals surface area (Å²) >= 11 is 0. The van der Waals surface area contributed by atoms with Crippen molar-refractivity contribution in [1.82, 2.24) is 0 Å². The van der Waals surface area contributed by atoms with Crippen molar-refractivity contribution in [3.05, 3.63) is 52.6 Å². The highest BCUT2D eigenvalue weighted by Crippen LogP contribution is 2.51. The van der Waals surface area contributed by atoms with E-state index < -0.39 is 0 Å². The molecule has 0 saturated heterocycles. The zero-order chi connectivity index (χ0) is 11.3. The molecule has 2 aliphatic rings. The SMILES string of the molecule is Cc1ccc2c(c1)C1=CCCC=C1C2(C)C. The second kappa shape index (κ2) is 3.10. The lowest BCUT2D eigenvalue weighted by Crippen LogP contribution is -2.15. The highest BCUT2D eigenvalue weighted by Gasteiger charge is 2.38. The van der Waals surface area contributed by atoms with Crippen LogP contribution in [-0.2, 0) is 5.41 Å². The standard InChI is InChI=1S/C16H18/c1-11-8-9-15-13(10-11)12-6-4-5-7-14(12)16(15,2)3/h6-10H,4-5H2,1-3H3. The second-order valence-electron chi connectivity index (χ2n) is 5.49. The second-order valence-corrected chi connectivity index (χ2v) is 5.49. The topological polar surface area (TPSA) is 0 Å². The van der Waals surface area contributed by atoms with Gasteiger partial charge >= 0.3 is 0 Å². The summed E-state index contributed by atoms with van der Waals surface area (Å²) < 4.78 is 0. The van der Waals surface area contributed by atoms with E-state index in [1.54, 1.807) is 5.57 Å². The molecule has 0 bridgehead atoms. The molecule has 0 unspecified atom stereocenters. The lowest BCUT2D eigenvalue weighted by molar-refractivity contribution is 0.654. The zero-order valence-corrected chi connectivity index (χ0v) is 10.3. The van der Waals surface area contributed by atoms with E-state index in [1.165, 1.54) is 35.1 Å². The predicted octanol–water partition coefficient (Wildman–Crippen LogP) is 4.39. The van der Waals surface area contributed by atoms with Crippen LogP contribution in [0.25, 0.3) is 5.57 Å². The van der Waals surface area contributed by atoms with Crippen molar-refractivity contribution in [2.45, 2.75) is 39.0 Å². The van der Waals surface area contributed by atoms with Crippen LogP contribution in [0.3, 0.4) is 0 Å². The van der Waals surface area contributed by atoms with E-state index in [4.69, 9.17) is 0 Å². The molecular formula is C16H18. The minimum absolute atomic E-state index is 0.204. The van der Waals surface area contributed by atoms with Crippen molar-refractivity contribution in [2.24, 2.45) is 0 Å². The maximum absolute atomic E-state index is 2.44. The Balaban J connectivity index is 2.31. The molecule has 0 spiro atoms. The summed E-state index contributed by atoms with van der Waals surface area (Å²) in [6.45, 7) is 6.87. The van der Waals surface area contributed by atoms with Crippen LogP contribution in [0.1, 0.15) is 43.4 Å². The molecule has 0 aromatic heterocycles. The number of fused-ring (bicyclic) bond motifs is 3. The summed E-state index contributed by atoms with van der Waals surface area (Å²) in [6.07, 6.45) is 7.25. The van der Waals surface area contributed by atoms with Crippen LogP contribution in [0.15, 0.2) is 35.9 Å². The third-order valence-corrected chi connectivity index (χ3v) is 3.97. The molecule has 82 valence electrons. The zero-order valence-electron chi connectivity index (χ0n) is 10.3. The van der Waals surface area contributed by atoms with Crippen molar-refractivity contribution < 1.29 is 0 Å². The lowest BCUT2D eigenvalue weighted by atomic mass is 9.80. The number of benzene rings is 1. The molecule has 0 fully saturated rings. The van der Waals surface area contributed by atoms with Crippen LogP contribution in [0.2, 0.25) is 0 Å². The molecule has 0 aliphatic heterocycles. The van der Waals surface area contributed by atoms with Gasteiger partial charge in [-0.15, -0.1) is 0 Å². The predicted molar refractivity (Wildman–Crippen MR) is 69.5 cm³/mol. The fourth-order valence-corrected chi connectivity index (χ4v) is 3.09. The van der Waals surface area contributed by atoms with Crippen LogP contribution in [0.5, 0.6) is 0 Å². The molecule has 3 rings (SSSR count). The summed E-state index contributed by atoms with van der Waals surface area (Å²) in [6, 6.07) is 6.89.